The molecule has 1 fully saturated rings. The number of ether oxygens (including phenoxy) is 1. The predicted octanol–water partition coefficient (Wildman–Crippen LogP) is 5.38. The van der Waals surface area contributed by atoms with Gasteiger partial charge in [0.05, 0.1) is 5.75 Å². The van der Waals surface area contributed by atoms with Gasteiger partial charge in [-0.3, -0.25) is 4.79 Å². The Balaban J connectivity index is 1.28. The van der Waals surface area contributed by atoms with E-state index in [9.17, 15) is 4.79 Å². The van der Waals surface area contributed by atoms with Crippen molar-refractivity contribution in [1.82, 2.24) is 9.97 Å². The molecule has 1 aromatic heterocycles. The number of thioether (sulfide) groups is 1. The van der Waals surface area contributed by atoms with Gasteiger partial charge in [-0.15, -0.1) is 0 Å². The van der Waals surface area contributed by atoms with Crippen LogP contribution in [-0.2, 0) is 4.79 Å². The van der Waals surface area contributed by atoms with Gasteiger partial charge in [0.2, 0.25) is 5.91 Å². The minimum Gasteiger partial charge on any atom is -0.457 e. The van der Waals surface area contributed by atoms with E-state index in [1.165, 1.54) is 37.4 Å². The third kappa shape index (κ3) is 6.46. The second-order valence-electron chi connectivity index (χ2n) is 7.38. The number of hydrogen-bond acceptors (Lipinski definition) is 6. The summed E-state index contributed by atoms with van der Waals surface area (Å²) in [5.41, 5.74) is 0.727. The van der Waals surface area contributed by atoms with Crippen LogP contribution in [0.2, 0.25) is 0 Å². The molecule has 7 heteroatoms. The number of benzene rings is 2. The van der Waals surface area contributed by atoms with Crippen LogP contribution in [0.1, 0.15) is 25.7 Å². The number of nitrogens with one attached hydrogen (secondary N) is 1. The van der Waals surface area contributed by atoms with Crippen LogP contribution in [0.4, 0.5) is 11.5 Å². The zero-order valence-corrected chi connectivity index (χ0v) is 18.2. The number of nitrogens with zero attached hydrogens (tertiary/aromatic N) is 3. The highest BCUT2D eigenvalue weighted by Gasteiger charge is 2.13. The van der Waals surface area contributed by atoms with Gasteiger partial charge >= 0.3 is 0 Å². The van der Waals surface area contributed by atoms with Crippen LogP contribution in [0, 0.1) is 0 Å². The van der Waals surface area contributed by atoms with E-state index >= 15 is 0 Å². The number of anilines is 2. The molecule has 2 heterocycles. The van der Waals surface area contributed by atoms with Gasteiger partial charge < -0.3 is 15.0 Å². The lowest BCUT2D eigenvalue weighted by molar-refractivity contribution is -0.113. The quantitative estimate of drug-likeness (QED) is 0.398. The number of carbonyl (C=O) groups is 1. The number of para-hydroxylation sites is 1. The number of carbonyl (C=O) groups excluding carboxylic acids is 1. The molecule has 0 aliphatic carbocycles. The molecule has 0 radical (unpaired) electrons. The fourth-order valence-electron chi connectivity index (χ4n) is 3.44. The number of rotatable bonds is 7. The van der Waals surface area contributed by atoms with Gasteiger partial charge in [-0.05, 0) is 55.3 Å². The summed E-state index contributed by atoms with van der Waals surface area (Å²) in [5.74, 6) is 2.61. The average molecular weight is 435 g/mol. The molecule has 0 bridgehead atoms. The molecule has 0 spiro atoms. The summed E-state index contributed by atoms with van der Waals surface area (Å²) in [6.45, 7) is 2.07. The van der Waals surface area contributed by atoms with Crippen LogP contribution < -0.4 is 15.0 Å². The van der Waals surface area contributed by atoms with Crippen molar-refractivity contribution in [2.75, 3.05) is 29.1 Å². The van der Waals surface area contributed by atoms with Crippen molar-refractivity contribution in [2.45, 2.75) is 30.8 Å². The zero-order valence-electron chi connectivity index (χ0n) is 17.4. The van der Waals surface area contributed by atoms with Gasteiger partial charge in [0.25, 0.3) is 0 Å². The molecule has 2 aromatic carbocycles. The molecule has 1 saturated heterocycles. The molecular formula is C24H26N4O2S. The molecule has 1 amide bonds. The van der Waals surface area contributed by atoms with E-state index < -0.39 is 0 Å². The van der Waals surface area contributed by atoms with Gasteiger partial charge in [-0.2, -0.15) is 0 Å². The Morgan fingerprint density at radius 1 is 0.935 bits per heavy atom. The molecule has 1 N–H and O–H groups in total. The van der Waals surface area contributed by atoms with E-state index in [1.807, 2.05) is 60.7 Å². The van der Waals surface area contributed by atoms with Crippen molar-refractivity contribution in [1.29, 1.82) is 0 Å². The summed E-state index contributed by atoms with van der Waals surface area (Å²) in [4.78, 5) is 23.6. The normalized spacial score (nSPS) is 14.0. The maximum atomic E-state index is 12.4. The first-order valence-electron chi connectivity index (χ1n) is 10.6. The van der Waals surface area contributed by atoms with Crippen LogP contribution >= 0.6 is 11.8 Å². The van der Waals surface area contributed by atoms with E-state index in [0.29, 0.717) is 5.16 Å². The molecule has 6 nitrogen and oxygen atoms in total. The SMILES string of the molecule is O=C(CSc1nccc(N2CCCCCC2)n1)Nc1ccc(Oc2ccccc2)cc1. The third-order valence-corrected chi connectivity index (χ3v) is 5.86. The van der Waals surface area contributed by atoms with E-state index in [-0.39, 0.29) is 11.7 Å². The standard InChI is InChI=1S/C24H26N4O2S/c29-23(26-19-10-12-21(13-11-19)30-20-8-4-3-5-9-20)18-31-24-25-15-14-22(27-24)28-16-6-1-2-7-17-28/h3-5,8-15H,1-2,6-7,16-18H2,(H,26,29). The first-order chi connectivity index (χ1) is 15.3. The van der Waals surface area contributed by atoms with Crippen LogP contribution in [0.3, 0.4) is 0 Å². The molecule has 0 atom stereocenters. The topological polar surface area (TPSA) is 67.4 Å². The molecule has 0 unspecified atom stereocenters. The minimum atomic E-state index is -0.0921. The highest BCUT2D eigenvalue weighted by Crippen LogP contribution is 2.23. The minimum absolute atomic E-state index is 0.0921. The van der Waals surface area contributed by atoms with Crippen molar-refractivity contribution in [3.8, 4) is 11.5 Å². The Bertz CT molecular complexity index is 974. The summed E-state index contributed by atoms with van der Waals surface area (Å²) < 4.78 is 5.78. The van der Waals surface area contributed by atoms with Crippen LogP contribution in [-0.4, -0.2) is 34.7 Å². The second-order valence-corrected chi connectivity index (χ2v) is 8.32. The summed E-state index contributed by atoms with van der Waals surface area (Å²) in [6.07, 6.45) is 6.73. The molecule has 31 heavy (non-hydrogen) atoms. The van der Waals surface area contributed by atoms with Crippen molar-refractivity contribution < 1.29 is 9.53 Å². The fraction of sp³-hybridized carbons (Fsp3) is 0.292. The fourth-order valence-corrected chi connectivity index (χ4v) is 4.06. The largest absolute Gasteiger partial charge is 0.457 e. The maximum Gasteiger partial charge on any atom is 0.234 e. The molecule has 1 aliphatic heterocycles. The molecule has 3 aromatic rings. The number of aromatic nitrogens is 2. The average Bonchev–Trinajstić information content (AvgIpc) is 3.10. The highest BCUT2D eigenvalue weighted by atomic mass is 32.2. The van der Waals surface area contributed by atoms with E-state index in [1.54, 1.807) is 6.20 Å². The van der Waals surface area contributed by atoms with Gasteiger partial charge in [-0.1, -0.05) is 42.8 Å². The smallest absolute Gasteiger partial charge is 0.234 e. The molecular weight excluding hydrogens is 408 g/mol. The first kappa shape index (κ1) is 21.2. The monoisotopic (exact) mass is 434 g/mol. The predicted molar refractivity (Wildman–Crippen MR) is 125 cm³/mol. The summed E-state index contributed by atoms with van der Waals surface area (Å²) in [6, 6.07) is 18.9. The van der Waals surface area contributed by atoms with Gasteiger partial charge in [0, 0.05) is 25.0 Å². The third-order valence-electron chi connectivity index (χ3n) is 5.00. The first-order valence-corrected chi connectivity index (χ1v) is 11.6. The van der Waals surface area contributed by atoms with Gasteiger partial charge in [0.15, 0.2) is 5.16 Å². The highest BCUT2D eigenvalue weighted by molar-refractivity contribution is 7.99. The molecule has 0 saturated carbocycles. The Kier molecular flexibility index (Phi) is 7.39. The maximum absolute atomic E-state index is 12.4. The lowest BCUT2D eigenvalue weighted by Gasteiger charge is -2.21. The van der Waals surface area contributed by atoms with Crippen molar-refractivity contribution in [3.63, 3.8) is 0 Å². The van der Waals surface area contributed by atoms with Gasteiger partial charge in [0.1, 0.15) is 17.3 Å². The van der Waals surface area contributed by atoms with Crippen LogP contribution in [0.5, 0.6) is 11.5 Å². The van der Waals surface area contributed by atoms with Crippen molar-refractivity contribution in [2.24, 2.45) is 0 Å². The van der Waals surface area contributed by atoms with E-state index in [4.69, 9.17) is 4.74 Å². The van der Waals surface area contributed by atoms with Crippen LogP contribution in [0.15, 0.2) is 72.0 Å². The number of amides is 1. The van der Waals surface area contributed by atoms with Crippen molar-refractivity contribution in [3.05, 3.63) is 66.9 Å². The summed E-state index contributed by atoms with van der Waals surface area (Å²) >= 11 is 1.35. The molecule has 1 aliphatic rings. The Hall–Kier alpha value is -3.06. The second kappa shape index (κ2) is 10.8. The van der Waals surface area contributed by atoms with E-state index in [0.717, 1.165) is 36.1 Å². The van der Waals surface area contributed by atoms with E-state index in [2.05, 4.69) is 20.2 Å². The van der Waals surface area contributed by atoms with Gasteiger partial charge in [-0.25, -0.2) is 9.97 Å². The number of hydrogen-bond donors (Lipinski definition) is 1. The lowest BCUT2D eigenvalue weighted by Crippen LogP contribution is -2.25. The lowest BCUT2D eigenvalue weighted by atomic mass is 10.2. The Morgan fingerprint density at radius 2 is 1.65 bits per heavy atom. The molecule has 4 rings (SSSR count). The van der Waals surface area contributed by atoms with Crippen molar-refractivity contribution >= 4 is 29.2 Å². The summed E-state index contributed by atoms with van der Waals surface area (Å²) in [5, 5.41) is 3.54. The zero-order chi connectivity index (χ0) is 21.3. The van der Waals surface area contributed by atoms with Crippen LogP contribution in [0.25, 0.3) is 0 Å². The Morgan fingerprint density at radius 3 is 2.39 bits per heavy atom. The Labute approximate surface area is 187 Å². The summed E-state index contributed by atoms with van der Waals surface area (Å²) in [7, 11) is 0. The molecule has 160 valence electrons.